The molecule has 0 aliphatic carbocycles. The smallest absolute Gasteiger partial charge is 0.0718 e. The van der Waals surface area contributed by atoms with Gasteiger partial charge in [-0.25, -0.2) is 0 Å². The Morgan fingerprint density at radius 1 is 0.913 bits per heavy atom. The zero-order chi connectivity index (χ0) is 16.9. The van der Waals surface area contributed by atoms with Gasteiger partial charge in [0.15, 0.2) is 0 Å². The number of hydrogen-bond donors (Lipinski definition) is 0. The second-order valence-corrected chi connectivity index (χ2v) is 5.43. The van der Waals surface area contributed by atoms with Crippen molar-refractivity contribution < 1.29 is 14.2 Å². The molecule has 0 radical (unpaired) electrons. The third-order valence-electron chi connectivity index (χ3n) is 3.55. The first kappa shape index (κ1) is 19.6. The van der Waals surface area contributed by atoms with Gasteiger partial charge < -0.3 is 14.2 Å². The van der Waals surface area contributed by atoms with E-state index in [1.54, 1.807) is 0 Å². The van der Waals surface area contributed by atoms with Gasteiger partial charge in [0.2, 0.25) is 0 Å². The molecule has 1 aromatic rings. The summed E-state index contributed by atoms with van der Waals surface area (Å²) >= 11 is 0. The predicted molar refractivity (Wildman–Crippen MR) is 97.5 cm³/mol. The van der Waals surface area contributed by atoms with Gasteiger partial charge in [0.25, 0.3) is 0 Å². The van der Waals surface area contributed by atoms with Gasteiger partial charge >= 0.3 is 0 Å². The Hall–Kier alpha value is -1.42. The molecule has 0 aliphatic rings. The zero-order valence-corrected chi connectivity index (χ0v) is 14.8. The fourth-order valence-corrected chi connectivity index (χ4v) is 2.00. The third-order valence-corrected chi connectivity index (χ3v) is 3.55. The minimum atomic E-state index is 0.525. The van der Waals surface area contributed by atoms with Gasteiger partial charge in [0, 0.05) is 6.61 Å². The summed E-state index contributed by atoms with van der Waals surface area (Å²) in [6, 6.07) is 8.43. The fraction of sp³-hybridized carbons (Fsp3) is 0.500. The van der Waals surface area contributed by atoms with Crippen molar-refractivity contribution in [2.24, 2.45) is 0 Å². The van der Waals surface area contributed by atoms with Crippen molar-refractivity contribution in [2.75, 3.05) is 39.6 Å². The second kappa shape index (κ2) is 12.1. The van der Waals surface area contributed by atoms with E-state index in [0.717, 1.165) is 24.2 Å². The van der Waals surface area contributed by atoms with Crippen LogP contribution in [0, 0.1) is 0 Å². The third kappa shape index (κ3) is 8.12. The second-order valence-electron chi connectivity index (χ2n) is 5.43. The lowest BCUT2D eigenvalue weighted by Crippen LogP contribution is -2.10. The van der Waals surface area contributed by atoms with E-state index in [1.165, 1.54) is 11.1 Å². The Bertz CT molecular complexity index is 474. The van der Waals surface area contributed by atoms with Crippen LogP contribution in [0.2, 0.25) is 0 Å². The summed E-state index contributed by atoms with van der Waals surface area (Å²) in [5.41, 5.74) is 4.62. The lowest BCUT2D eigenvalue weighted by atomic mass is 10.0. The van der Waals surface area contributed by atoms with Gasteiger partial charge in [-0.1, -0.05) is 43.8 Å². The molecular weight excluding hydrogens is 288 g/mol. The molecule has 0 atom stereocenters. The van der Waals surface area contributed by atoms with E-state index >= 15 is 0 Å². The Balaban J connectivity index is 2.17. The maximum absolute atomic E-state index is 5.60. The molecule has 0 amide bonds. The molecule has 128 valence electrons. The van der Waals surface area contributed by atoms with Crippen molar-refractivity contribution in [1.29, 1.82) is 0 Å². The van der Waals surface area contributed by atoms with E-state index in [2.05, 4.69) is 50.8 Å². The van der Waals surface area contributed by atoms with Crippen LogP contribution in [0.15, 0.2) is 36.9 Å². The molecule has 1 rings (SSSR count). The summed E-state index contributed by atoms with van der Waals surface area (Å²) in [5, 5.41) is 0. The molecule has 0 saturated carbocycles. The topological polar surface area (TPSA) is 27.7 Å². The van der Waals surface area contributed by atoms with E-state index in [4.69, 9.17) is 14.2 Å². The van der Waals surface area contributed by atoms with E-state index in [0.29, 0.717) is 33.0 Å². The largest absolute Gasteiger partial charge is 0.379 e. The summed E-state index contributed by atoms with van der Waals surface area (Å²) in [6.07, 6.45) is 3.15. The van der Waals surface area contributed by atoms with Gasteiger partial charge in [-0.2, -0.15) is 0 Å². The lowest BCUT2D eigenvalue weighted by molar-refractivity contribution is 0.0205. The molecular formula is C20H30O3. The van der Waals surface area contributed by atoms with Crippen molar-refractivity contribution in [3.8, 4) is 0 Å². The summed E-state index contributed by atoms with van der Waals surface area (Å²) < 4.78 is 16.4. The molecule has 3 nitrogen and oxygen atoms in total. The van der Waals surface area contributed by atoms with Crippen molar-refractivity contribution in [3.63, 3.8) is 0 Å². The Labute approximate surface area is 141 Å². The van der Waals surface area contributed by atoms with Crippen LogP contribution in [-0.4, -0.2) is 39.6 Å². The highest BCUT2D eigenvalue weighted by atomic mass is 16.5. The number of hydrogen-bond acceptors (Lipinski definition) is 3. The van der Waals surface area contributed by atoms with Crippen LogP contribution in [0.5, 0.6) is 0 Å². The highest BCUT2D eigenvalue weighted by Gasteiger charge is 2.01. The van der Waals surface area contributed by atoms with Gasteiger partial charge in [-0.05, 0) is 42.5 Å². The molecule has 0 unspecified atom stereocenters. The maximum atomic E-state index is 5.60. The summed E-state index contributed by atoms with van der Waals surface area (Å²) in [4.78, 5) is 0. The molecule has 0 spiro atoms. The van der Waals surface area contributed by atoms with Gasteiger partial charge in [-0.3, -0.25) is 0 Å². The Kier molecular flexibility index (Phi) is 10.3. The quantitative estimate of drug-likeness (QED) is 0.528. The standard InChI is InChI=1S/C20H30O3/c1-5-11-21-12-13-22-14-15-23-16-18(4)20-9-7-19(8-10-20)17(3)6-2/h6-10H,4-5,11-16H2,1-3H3/b17-6+. The minimum absolute atomic E-state index is 0.525. The van der Waals surface area contributed by atoms with Crippen LogP contribution in [0.3, 0.4) is 0 Å². The molecule has 0 aliphatic heterocycles. The van der Waals surface area contributed by atoms with Crippen molar-refractivity contribution >= 4 is 11.1 Å². The summed E-state index contributed by atoms with van der Waals surface area (Å²) in [6.45, 7) is 14.1. The monoisotopic (exact) mass is 318 g/mol. The molecule has 0 fully saturated rings. The lowest BCUT2D eigenvalue weighted by Gasteiger charge is -2.09. The van der Waals surface area contributed by atoms with Crippen LogP contribution in [-0.2, 0) is 14.2 Å². The average molecular weight is 318 g/mol. The van der Waals surface area contributed by atoms with Gasteiger partial charge in [-0.15, -0.1) is 0 Å². The van der Waals surface area contributed by atoms with Gasteiger partial charge in [0.1, 0.15) is 0 Å². The predicted octanol–water partition coefficient (Wildman–Crippen LogP) is 4.58. The van der Waals surface area contributed by atoms with Crippen LogP contribution < -0.4 is 0 Å². The van der Waals surface area contributed by atoms with Crippen LogP contribution >= 0.6 is 0 Å². The first-order chi connectivity index (χ1) is 11.2. The Morgan fingerprint density at radius 3 is 2.00 bits per heavy atom. The van der Waals surface area contributed by atoms with E-state index in [9.17, 15) is 0 Å². The molecule has 23 heavy (non-hydrogen) atoms. The van der Waals surface area contributed by atoms with E-state index in [-0.39, 0.29) is 0 Å². The molecule has 0 heterocycles. The van der Waals surface area contributed by atoms with E-state index < -0.39 is 0 Å². The normalized spacial score (nSPS) is 11.7. The minimum Gasteiger partial charge on any atom is -0.379 e. The fourth-order valence-electron chi connectivity index (χ4n) is 2.00. The van der Waals surface area contributed by atoms with Crippen molar-refractivity contribution in [1.82, 2.24) is 0 Å². The van der Waals surface area contributed by atoms with Crippen LogP contribution in [0.4, 0.5) is 0 Å². The molecule has 0 bridgehead atoms. The van der Waals surface area contributed by atoms with Crippen LogP contribution in [0.1, 0.15) is 38.3 Å². The number of allylic oxidation sites excluding steroid dienone is 2. The first-order valence-corrected chi connectivity index (χ1v) is 8.33. The zero-order valence-electron chi connectivity index (χ0n) is 14.8. The molecule has 0 saturated heterocycles. The first-order valence-electron chi connectivity index (χ1n) is 8.33. The highest BCUT2D eigenvalue weighted by molar-refractivity contribution is 5.69. The SMILES string of the molecule is C=C(COCCOCCOCCC)c1ccc(/C(C)=C/C)cc1. The number of ether oxygens (including phenoxy) is 3. The maximum Gasteiger partial charge on any atom is 0.0718 e. The number of rotatable bonds is 12. The van der Waals surface area contributed by atoms with Gasteiger partial charge in [0.05, 0.1) is 33.0 Å². The summed E-state index contributed by atoms with van der Waals surface area (Å²) in [7, 11) is 0. The molecule has 0 aromatic heterocycles. The highest BCUT2D eigenvalue weighted by Crippen LogP contribution is 2.18. The molecule has 3 heteroatoms. The van der Waals surface area contributed by atoms with Crippen molar-refractivity contribution in [2.45, 2.75) is 27.2 Å². The molecule has 0 N–H and O–H groups in total. The summed E-state index contributed by atoms with van der Waals surface area (Å²) in [5.74, 6) is 0. The van der Waals surface area contributed by atoms with Crippen molar-refractivity contribution in [3.05, 3.63) is 48.0 Å². The average Bonchev–Trinajstić information content (AvgIpc) is 2.59. The number of benzene rings is 1. The molecule has 1 aromatic carbocycles. The Morgan fingerprint density at radius 2 is 1.43 bits per heavy atom. The van der Waals surface area contributed by atoms with E-state index in [1.807, 2.05) is 6.92 Å². The van der Waals surface area contributed by atoms with Crippen LogP contribution in [0.25, 0.3) is 11.1 Å².